The zero-order valence-electron chi connectivity index (χ0n) is 7.27. The minimum absolute atomic E-state index is 0.939. The molecule has 0 fully saturated rings. The normalized spacial score (nSPS) is 18.2. The molecular weight excluding hydrogens is 160 g/mol. The molecule has 3 rings (SSSR count). The summed E-state index contributed by atoms with van der Waals surface area (Å²) in [5.74, 6) is 0. The van der Waals surface area contributed by atoms with E-state index in [-0.39, 0.29) is 0 Å². The Morgan fingerprint density at radius 3 is 3.15 bits per heavy atom. The Kier molecular flexibility index (Phi) is 1.30. The summed E-state index contributed by atoms with van der Waals surface area (Å²) in [6.07, 6.45) is 4.15. The van der Waals surface area contributed by atoms with Crippen LogP contribution in [-0.4, -0.2) is 19.3 Å². The summed E-state index contributed by atoms with van der Waals surface area (Å²) in [6.45, 7) is 1.90. The quantitative estimate of drug-likeness (QED) is 0.581. The molecule has 2 aliphatic heterocycles. The third kappa shape index (κ3) is 0.985. The van der Waals surface area contributed by atoms with Crippen molar-refractivity contribution < 1.29 is 0 Å². The number of nitrogens with zero attached hydrogens (tertiary/aromatic N) is 2. The van der Waals surface area contributed by atoms with E-state index in [1.54, 1.807) is 0 Å². The lowest BCUT2D eigenvalue weighted by molar-refractivity contribution is 0.899. The lowest BCUT2D eigenvalue weighted by Gasteiger charge is -2.31. The fourth-order valence-corrected chi connectivity index (χ4v) is 1.90. The Hall–Kier alpha value is -1.57. The first-order chi connectivity index (χ1) is 6.43. The van der Waals surface area contributed by atoms with E-state index >= 15 is 0 Å². The number of aliphatic imine (C=N–C) groups is 1. The number of hydrogen-bond donors (Lipinski definition) is 0. The largest absolute Gasteiger partial charge is 0.360 e. The second kappa shape index (κ2) is 2.46. The highest BCUT2D eigenvalue weighted by molar-refractivity contribution is 5.81. The minimum Gasteiger partial charge on any atom is -0.360 e. The topological polar surface area (TPSA) is 15.6 Å². The second-order valence-electron chi connectivity index (χ2n) is 3.39. The van der Waals surface area contributed by atoms with Crippen LogP contribution in [0.1, 0.15) is 5.56 Å². The van der Waals surface area contributed by atoms with Gasteiger partial charge in [0.2, 0.25) is 0 Å². The Morgan fingerprint density at radius 2 is 2.15 bits per heavy atom. The maximum atomic E-state index is 4.34. The molecule has 0 N–H and O–H groups in total. The molecule has 0 saturated heterocycles. The zero-order valence-corrected chi connectivity index (χ0v) is 7.27. The second-order valence-corrected chi connectivity index (χ2v) is 3.39. The number of rotatable bonds is 0. The third-order valence-electron chi connectivity index (χ3n) is 2.51. The van der Waals surface area contributed by atoms with E-state index in [9.17, 15) is 0 Å². The highest BCUT2D eigenvalue weighted by atomic mass is 15.2. The molecule has 0 aromatic heterocycles. The summed E-state index contributed by atoms with van der Waals surface area (Å²) in [5, 5.41) is 0. The van der Waals surface area contributed by atoms with Crippen molar-refractivity contribution in [3.05, 3.63) is 35.5 Å². The third-order valence-corrected chi connectivity index (χ3v) is 2.51. The van der Waals surface area contributed by atoms with E-state index in [4.69, 9.17) is 0 Å². The molecule has 64 valence electrons. The van der Waals surface area contributed by atoms with Gasteiger partial charge in [0.25, 0.3) is 0 Å². The van der Waals surface area contributed by atoms with Crippen LogP contribution in [-0.2, 0) is 0 Å². The highest BCUT2D eigenvalue weighted by Crippen LogP contribution is 2.29. The van der Waals surface area contributed by atoms with Gasteiger partial charge in [0.05, 0.1) is 18.8 Å². The van der Waals surface area contributed by atoms with E-state index in [0.717, 1.165) is 13.1 Å². The molecule has 2 heteroatoms. The van der Waals surface area contributed by atoms with Gasteiger partial charge in [-0.15, -0.1) is 0 Å². The first-order valence-electron chi connectivity index (χ1n) is 4.50. The fourth-order valence-electron chi connectivity index (χ4n) is 1.90. The van der Waals surface area contributed by atoms with Crippen molar-refractivity contribution in [2.45, 2.75) is 0 Å². The molecule has 2 bridgehead atoms. The fraction of sp³-hybridized carbons (Fsp3) is 0.182. The van der Waals surface area contributed by atoms with E-state index in [0.29, 0.717) is 0 Å². The average Bonchev–Trinajstić information content (AvgIpc) is 2.18. The SMILES string of the molecule is C1=NC2=Cc3ccccc3N(C1)C2. The summed E-state index contributed by atoms with van der Waals surface area (Å²) in [7, 11) is 0. The monoisotopic (exact) mass is 170 g/mol. The number of para-hydroxylation sites is 1. The van der Waals surface area contributed by atoms with Gasteiger partial charge < -0.3 is 4.90 Å². The van der Waals surface area contributed by atoms with Gasteiger partial charge in [0.1, 0.15) is 0 Å². The molecule has 2 aliphatic rings. The van der Waals surface area contributed by atoms with Crippen LogP contribution in [0.2, 0.25) is 0 Å². The van der Waals surface area contributed by atoms with Crippen LogP contribution in [0.25, 0.3) is 6.08 Å². The molecule has 0 unspecified atom stereocenters. The molecule has 0 spiro atoms. The van der Waals surface area contributed by atoms with Gasteiger partial charge >= 0.3 is 0 Å². The van der Waals surface area contributed by atoms with E-state index in [1.807, 2.05) is 6.21 Å². The van der Waals surface area contributed by atoms with Gasteiger partial charge in [-0.2, -0.15) is 0 Å². The smallest absolute Gasteiger partial charge is 0.0606 e. The van der Waals surface area contributed by atoms with Gasteiger partial charge in [-0.3, -0.25) is 4.99 Å². The van der Waals surface area contributed by atoms with Gasteiger partial charge in [0.15, 0.2) is 0 Å². The molecule has 0 atom stereocenters. The molecule has 1 aromatic carbocycles. The number of anilines is 1. The first kappa shape index (κ1) is 6.89. The van der Waals surface area contributed by atoms with Crippen LogP contribution in [0.15, 0.2) is 35.0 Å². The van der Waals surface area contributed by atoms with E-state index in [1.165, 1.54) is 16.9 Å². The lowest BCUT2D eigenvalue weighted by atomic mass is 10.1. The van der Waals surface area contributed by atoms with Crippen molar-refractivity contribution in [2.24, 2.45) is 4.99 Å². The minimum atomic E-state index is 0.939. The summed E-state index contributed by atoms with van der Waals surface area (Å²) < 4.78 is 0. The Labute approximate surface area is 77.2 Å². The standard InChI is InChI=1S/C11H10N2/c1-2-4-11-9(3-1)7-10-8-13(11)6-5-12-10/h1-5,7H,6,8H2. The summed E-state index contributed by atoms with van der Waals surface area (Å²) in [4.78, 5) is 6.69. The van der Waals surface area contributed by atoms with Crippen LogP contribution >= 0.6 is 0 Å². The number of benzene rings is 1. The zero-order chi connectivity index (χ0) is 8.67. The maximum Gasteiger partial charge on any atom is 0.0606 e. The molecule has 2 heterocycles. The van der Waals surface area contributed by atoms with E-state index in [2.05, 4.69) is 40.2 Å². The Balaban J connectivity index is 2.23. The predicted molar refractivity (Wildman–Crippen MR) is 55.1 cm³/mol. The molecular formula is C11H10N2. The number of fused-ring (bicyclic) bond motifs is 4. The molecule has 13 heavy (non-hydrogen) atoms. The summed E-state index contributed by atoms with van der Waals surface area (Å²) in [5.41, 5.74) is 3.79. The summed E-state index contributed by atoms with van der Waals surface area (Å²) >= 11 is 0. The van der Waals surface area contributed by atoms with Crippen LogP contribution in [0.5, 0.6) is 0 Å². The molecule has 0 aliphatic carbocycles. The van der Waals surface area contributed by atoms with Crippen molar-refractivity contribution in [3.63, 3.8) is 0 Å². The lowest BCUT2D eigenvalue weighted by Crippen LogP contribution is -2.33. The van der Waals surface area contributed by atoms with Crippen molar-refractivity contribution in [1.29, 1.82) is 0 Å². The van der Waals surface area contributed by atoms with Gasteiger partial charge in [0, 0.05) is 11.9 Å². The van der Waals surface area contributed by atoms with E-state index < -0.39 is 0 Å². The van der Waals surface area contributed by atoms with Gasteiger partial charge in [-0.25, -0.2) is 0 Å². The van der Waals surface area contributed by atoms with Gasteiger partial charge in [-0.05, 0) is 17.7 Å². The van der Waals surface area contributed by atoms with Crippen molar-refractivity contribution in [1.82, 2.24) is 0 Å². The van der Waals surface area contributed by atoms with Crippen LogP contribution in [0.4, 0.5) is 5.69 Å². The molecule has 1 aromatic rings. The molecule has 2 nitrogen and oxygen atoms in total. The highest BCUT2D eigenvalue weighted by Gasteiger charge is 2.18. The first-order valence-corrected chi connectivity index (χ1v) is 4.50. The van der Waals surface area contributed by atoms with Gasteiger partial charge in [-0.1, -0.05) is 18.2 Å². The van der Waals surface area contributed by atoms with Crippen LogP contribution < -0.4 is 4.90 Å². The Morgan fingerprint density at radius 1 is 1.23 bits per heavy atom. The summed E-state index contributed by atoms with van der Waals surface area (Å²) in [6, 6.07) is 8.47. The maximum absolute atomic E-state index is 4.34. The van der Waals surface area contributed by atoms with Crippen LogP contribution in [0.3, 0.4) is 0 Å². The molecule has 0 amide bonds. The van der Waals surface area contributed by atoms with Crippen molar-refractivity contribution in [2.75, 3.05) is 18.0 Å². The molecule has 0 radical (unpaired) electrons. The van der Waals surface area contributed by atoms with Crippen molar-refractivity contribution >= 4 is 18.0 Å². The Bertz CT molecular complexity index is 404. The molecule has 0 saturated carbocycles. The van der Waals surface area contributed by atoms with Crippen molar-refractivity contribution in [3.8, 4) is 0 Å². The average molecular weight is 170 g/mol. The predicted octanol–water partition coefficient (Wildman–Crippen LogP) is 1.93. The van der Waals surface area contributed by atoms with Crippen LogP contribution in [0, 0.1) is 0 Å². The number of hydrogen-bond acceptors (Lipinski definition) is 2.